The molecule has 1 aromatic rings. The van der Waals surface area contributed by atoms with Gasteiger partial charge in [0.25, 0.3) is 0 Å². The second-order valence-electron chi connectivity index (χ2n) is 3.73. The Morgan fingerprint density at radius 1 is 1.41 bits per heavy atom. The Labute approximate surface area is 105 Å². The maximum atomic E-state index is 12.6. The number of hydrogen-bond donors (Lipinski definition) is 2. The van der Waals surface area contributed by atoms with Crippen LogP contribution in [0.25, 0.3) is 0 Å². The van der Waals surface area contributed by atoms with Crippen molar-refractivity contribution in [3.8, 4) is 0 Å². The van der Waals surface area contributed by atoms with Gasteiger partial charge < -0.3 is 10.6 Å². The van der Waals surface area contributed by atoms with Crippen LogP contribution in [0.2, 0.25) is 0 Å². The van der Waals surface area contributed by atoms with Crippen molar-refractivity contribution in [3.05, 3.63) is 30.1 Å². The topological polar surface area (TPSA) is 41.1 Å². The molecule has 1 atom stereocenters. The lowest BCUT2D eigenvalue weighted by molar-refractivity contribution is -0.115. The van der Waals surface area contributed by atoms with Crippen LogP contribution in [-0.4, -0.2) is 30.5 Å². The van der Waals surface area contributed by atoms with E-state index in [-0.39, 0.29) is 18.3 Å². The molecule has 1 amide bonds. The Kier molecular flexibility index (Phi) is 6.00. The monoisotopic (exact) mass is 256 g/mol. The smallest absolute Gasteiger partial charge is 0.238 e. The van der Waals surface area contributed by atoms with Crippen LogP contribution in [0.4, 0.5) is 10.1 Å². The molecule has 17 heavy (non-hydrogen) atoms. The Hall–Kier alpha value is -1.07. The highest BCUT2D eigenvalue weighted by molar-refractivity contribution is 7.99. The fourth-order valence-electron chi connectivity index (χ4n) is 1.21. The maximum Gasteiger partial charge on any atom is 0.238 e. The molecule has 0 aromatic heterocycles. The van der Waals surface area contributed by atoms with Crippen molar-refractivity contribution in [2.75, 3.05) is 24.7 Å². The first-order valence-electron chi connectivity index (χ1n) is 5.40. The van der Waals surface area contributed by atoms with Crippen molar-refractivity contribution in [3.63, 3.8) is 0 Å². The van der Waals surface area contributed by atoms with Crippen LogP contribution < -0.4 is 10.6 Å². The molecule has 0 spiro atoms. The molecular weight excluding hydrogens is 239 g/mol. The number of benzene rings is 1. The Bertz CT molecular complexity index is 356. The summed E-state index contributed by atoms with van der Waals surface area (Å²) in [6, 6.07) is 5.72. The summed E-state index contributed by atoms with van der Waals surface area (Å²) in [7, 11) is 0. The van der Waals surface area contributed by atoms with Gasteiger partial charge >= 0.3 is 0 Å². The highest BCUT2D eigenvalue weighted by atomic mass is 32.2. The normalized spacial score (nSPS) is 12.2. The summed E-state index contributed by atoms with van der Waals surface area (Å²) in [5.74, 6) is -0.431. The van der Waals surface area contributed by atoms with Crippen molar-refractivity contribution < 1.29 is 9.18 Å². The summed E-state index contributed by atoms with van der Waals surface area (Å²) in [4.78, 5) is 11.5. The standard InChI is InChI=1S/C12H17FN2OS/c1-9(17-2)7-14-8-12(16)15-11-5-3-10(13)4-6-11/h3-6,9,14H,7-8H2,1-2H3,(H,15,16). The minimum absolute atomic E-state index is 0.120. The number of carbonyl (C=O) groups excluding carboxylic acids is 1. The zero-order valence-electron chi connectivity index (χ0n) is 10.00. The van der Waals surface area contributed by atoms with Gasteiger partial charge in [-0.15, -0.1) is 0 Å². The summed E-state index contributed by atoms with van der Waals surface area (Å²) >= 11 is 1.75. The first-order chi connectivity index (χ1) is 8.11. The number of thioether (sulfide) groups is 1. The molecule has 0 radical (unpaired) electrons. The summed E-state index contributed by atoms with van der Waals surface area (Å²) in [6.07, 6.45) is 2.03. The fourth-order valence-corrected chi connectivity index (χ4v) is 1.50. The molecule has 0 fully saturated rings. The average Bonchev–Trinajstić information content (AvgIpc) is 2.32. The van der Waals surface area contributed by atoms with Gasteiger partial charge in [0.15, 0.2) is 0 Å². The highest BCUT2D eigenvalue weighted by Crippen LogP contribution is 2.07. The largest absolute Gasteiger partial charge is 0.325 e. The molecule has 3 nitrogen and oxygen atoms in total. The predicted molar refractivity (Wildman–Crippen MR) is 70.9 cm³/mol. The number of rotatable bonds is 6. The van der Waals surface area contributed by atoms with Gasteiger partial charge in [-0.3, -0.25) is 4.79 Å². The first-order valence-corrected chi connectivity index (χ1v) is 6.69. The summed E-state index contributed by atoms with van der Waals surface area (Å²) < 4.78 is 12.6. The van der Waals surface area contributed by atoms with Crippen LogP contribution in [0.15, 0.2) is 24.3 Å². The average molecular weight is 256 g/mol. The van der Waals surface area contributed by atoms with E-state index in [2.05, 4.69) is 17.6 Å². The van der Waals surface area contributed by atoms with Crippen LogP contribution >= 0.6 is 11.8 Å². The Balaban J connectivity index is 2.27. The Morgan fingerprint density at radius 2 is 2.06 bits per heavy atom. The molecular formula is C12H17FN2OS. The molecule has 2 N–H and O–H groups in total. The molecule has 1 aromatic carbocycles. The second-order valence-corrected chi connectivity index (χ2v) is 5.01. The van der Waals surface area contributed by atoms with Crippen molar-refractivity contribution >= 4 is 23.4 Å². The Morgan fingerprint density at radius 3 is 2.65 bits per heavy atom. The van der Waals surface area contributed by atoms with Crippen molar-refractivity contribution in [2.24, 2.45) is 0 Å². The molecule has 0 aliphatic heterocycles. The van der Waals surface area contributed by atoms with Gasteiger partial charge in [-0.2, -0.15) is 11.8 Å². The summed E-state index contributed by atoms with van der Waals surface area (Å²) in [5.41, 5.74) is 0.608. The zero-order valence-corrected chi connectivity index (χ0v) is 10.8. The molecule has 5 heteroatoms. The van der Waals surface area contributed by atoms with Crippen molar-refractivity contribution in [1.29, 1.82) is 0 Å². The minimum atomic E-state index is -0.310. The number of anilines is 1. The van der Waals surface area contributed by atoms with E-state index in [4.69, 9.17) is 0 Å². The van der Waals surface area contributed by atoms with E-state index in [1.54, 1.807) is 11.8 Å². The van der Waals surface area contributed by atoms with Crippen LogP contribution in [0.1, 0.15) is 6.92 Å². The van der Waals surface area contributed by atoms with Crippen LogP contribution in [0.5, 0.6) is 0 Å². The molecule has 0 saturated heterocycles. The SMILES string of the molecule is CSC(C)CNCC(=O)Nc1ccc(F)cc1. The number of nitrogens with one attached hydrogen (secondary N) is 2. The number of hydrogen-bond acceptors (Lipinski definition) is 3. The van der Waals surface area contributed by atoms with Gasteiger partial charge in [-0.05, 0) is 30.5 Å². The molecule has 94 valence electrons. The third-order valence-corrected chi connectivity index (χ3v) is 3.22. The minimum Gasteiger partial charge on any atom is -0.325 e. The molecule has 0 heterocycles. The quantitative estimate of drug-likeness (QED) is 0.819. The summed E-state index contributed by atoms with van der Waals surface area (Å²) in [5, 5.41) is 6.23. The number of carbonyl (C=O) groups is 1. The molecule has 1 unspecified atom stereocenters. The summed E-state index contributed by atoms with van der Waals surface area (Å²) in [6.45, 7) is 3.15. The van der Waals surface area contributed by atoms with E-state index in [1.165, 1.54) is 24.3 Å². The van der Waals surface area contributed by atoms with Gasteiger partial charge in [0.05, 0.1) is 6.54 Å². The molecule has 0 bridgehead atoms. The van der Waals surface area contributed by atoms with E-state index in [9.17, 15) is 9.18 Å². The van der Waals surface area contributed by atoms with Crippen molar-refractivity contribution in [1.82, 2.24) is 5.32 Å². The van der Waals surface area contributed by atoms with Gasteiger partial charge in [-0.25, -0.2) is 4.39 Å². The highest BCUT2D eigenvalue weighted by Gasteiger charge is 2.03. The fraction of sp³-hybridized carbons (Fsp3) is 0.417. The third kappa shape index (κ3) is 5.70. The van der Waals surface area contributed by atoms with E-state index in [1.807, 2.05) is 6.26 Å². The van der Waals surface area contributed by atoms with Gasteiger partial charge in [0.2, 0.25) is 5.91 Å². The number of amides is 1. The lowest BCUT2D eigenvalue weighted by Gasteiger charge is -2.10. The zero-order chi connectivity index (χ0) is 12.7. The van der Waals surface area contributed by atoms with Crippen LogP contribution in [-0.2, 0) is 4.79 Å². The number of halogens is 1. The lowest BCUT2D eigenvalue weighted by Crippen LogP contribution is -2.31. The van der Waals surface area contributed by atoms with Gasteiger partial charge in [-0.1, -0.05) is 6.92 Å². The molecule has 0 saturated carbocycles. The lowest BCUT2D eigenvalue weighted by atomic mass is 10.3. The molecule has 1 rings (SSSR count). The van der Waals surface area contributed by atoms with Crippen molar-refractivity contribution in [2.45, 2.75) is 12.2 Å². The maximum absolute atomic E-state index is 12.6. The first kappa shape index (κ1) is 14.0. The van der Waals surface area contributed by atoms with Crippen LogP contribution in [0, 0.1) is 5.82 Å². The van der Waals surface area contributed by atoms with E-state index in [0.717, 1.165) is 6.54 Å². The third-order valence-electron chi connectivity index (χ3n) is 2.25. The predicted octanol–water partition coefficient (Wildman–Crippen LogP) is 2.11. The van der Waals surface area contributed by atoms with E-state index < -0.39 is 0 Å². The van der Waals surface area contributed by atoms with E-state index >= 15 is 0 Å². The second kappa shape index (κ2) is 7.29. The molecule has 0 aliphatic rings. The van der Waals surface area contributed by atoms with E-state index in [0.29, 0.717) is 10.9 Å². The van der Waals surface area contributed by atoms with Gasteiger partial charge in [0.1, 0.15) is 5.82 Å². The van der Waals surface area contributed by atoms with Crippen LogP contribution in [0.3, 0.4) is 0 Å². The van der Waals surface area contributed by atoms with Gasteiger partial charge in [0, 0.05) is 17.5 Å². The molecule has 0 aliphatic carbocycles.